The number of rotatable bonds is 53. The second-order valence-electron chi connectivity index (χ2n) is 21.8. The number of esters is 3. The maximum absolute atomic E-state index is 12.8. The summed E-state index contributed by atoms with van der Waals surface area (Å²) in [6.45, 7) is 13.8. The lowest BCUT2D eigenvalue weighted by Crippen LogP contribution is -2.30. The average molecular weight is 934 g/mol. The minimum Gasteiger partial charge on any atom is -0.462 e. The molecule has 6 heteroatoms. The van der Waals surface area contributed by atoms with Gasteiger partial charge in [-0.2, -0.15) is 0 Å². The molecule has 0 aliphatic rings. The van der Waals surface area contributed by atoms with Gasteiger partial charge in [-0.25, -0.2) is 0 Å². The van der Waals surface area contributed by atoms with Crippen molar-refractivity contribution in [2.45, 2.75) is 337 Å². The molecule has 0 aliphatic carbocycles. The molecule has 0 radical (unpaired) electrons. The Bertz CT molecular complexity index is 1020. The largest absolute Gasteiger partial charge is 0.462 e. The van der Waals surface area contributed by atoms with E-state index in [1.807, 2.05) is 0 Å². The van der Waals surface area contributed by atoms with Crippen LogP contribution in [0.25, 0.3) is 0 Å². The van der Waals surface area contributed by atoms with Gasteiger partial charge in [-0.3, -0.25) is 14.4 Å². The topological polar surface area (TPSA) is 78.9 Å². The summed E-state index contributed by atoms with van der Waals surface area (Å²) in [5.74, 6) is 1.71. The van der Waals surface area contributed by atoms with Gasteiger partial charge < -0.3 is 14.2 Å². The summed E-state index contributed by atoms with van der Waals surface area (Å²) in [6.07, 6.45) is 53.7. The summed E-state index contributed by atoms with van der Waals surface area (Å²) < 4.78 is 16.9. The lowest BCUT2D eigenvalue weighted by Gasteiger charge is -2.18. The third-order valence-electron chi connectivity index (χ3n) is 14.0. The van der Waals surface area contributed by atoms with E-state index >= 15 is 0 Å². The van der Waals surface area contributed by atoms with Crippen LogP contribution in [0.1, 0.15) is 330 Å². The highest BCUT2D eigenvalue weighted by Gasteiger charge is 2.19. The van der Waals surface area contributed by atoms with Crippen molar-refractivity contribution in [3.63, 3.8) is 0 Å². The van der Waals surface area contributed by atoms with Gasteiger partial charge in [0.2, 0.25) is 0 Å². The second-order valence-corrected chi connectivity index (χ2v) is 21.8. The number of hydrogen-bond donors (Lipinski definition) is 0. The molecule has 0 aromatic heterocycles. The average Bonchev–Trinajstić information content (AvgIpc) is 3.29. The van der Waals surface area contributed by atoms with E-state index in [1.165, 1.54) is 212 Å². The molecular weight excluding hydrogens is 817 g/mol. The lowest BCUT2D eigenvalue weighted by molar-refractivity contribution is -0.167. The van der Waals surface area contributed by atoms with Crippen molar-refractivity contribution in [3.8, 4) is 0 Å². The molecule has 0 aliphatic heterocycles. The van der Waals surface area contributed by atoms with Crippen LogP contribution in [0.3, 0.4) is 0 Å². The molecule has 0 aromatic carbocycles. The molecule has 0 spiro atoms. The molecule has 0 saturated heterocycles. The SMILES string of the molecule is CCC(C)CCCCCCCCCCCCCCCCC(=O)OC[C@H](COC(=O)CCCCCCCCCCCCCCCCC(C)C)OC(=O)CCCCCCCCCCCCC(C)C. The molecule has 0 N–H and O–H groups in total. The zero-order valence-electron chi connectivity index (χ0n) is 45.5. The first-order valence-corrected chi connectivity index (χ1v) is 29.6. The van der Waals surface area contributed by atoms with Crippen molar-refractivity contribution in [2.24, 2.45) is 17.8 Å². The van der Waals surface area contributed by atoms with Crippen LogP contribution in [-0.4, -0.2) is 37.2 Å². The predicted octanol–water partition coefficient (Wildman–Crippen LogP) is 19.5. The third kappa shape index (κ3) is 51.8. The maximum atomic E-state index is 12.8. The second kappa shape index (κ2) is 51.3. The molecule has 0 saturated carbocycles. The molecule has 0 bridgehead atoms. The molecular formula is C60H116O6. The summed E-state index contributed by atoms with van der Waals surface area (Å²) in [4.78, 5) is 38.2. The van der Waals surface area contributed by atoms with Crippen molar-refractivity contribution in [2.75, 3.05) is 13.2 Å². The van der Waals surface area contributed by atoms with Crippen LogP contribution < -0.4 is 0 Å². The van der Waals surface area contributed by atoms with Gasteiger partial charge in [0.1, 0.15) is 13.2 Å². The van der Waals surface area contributed by atoms with E-state index in [4.69, 9.17) is 14.2 Å². The van der Waals surface area contributed by atoms with E-state index < -0.39 is 6.10 Å². The van der Waals surface area contributed by atoms with Crippen molar-refractivity contribution in [1.29, 1.82) is 0 Å². The molecule has 392 valence electrons. The van der Waals surface area contributed by atoms with E-state index in [-0.39, 0.29) is 31.1 Å². The van der Waals surface area contributed by atoms with E-state index in [1.54, 1.807) is 0 Å². The van der Waals surface area contributed by atoms with Crippen molar-refractivity contribution >= 4 is 17.9 Å². The first-order chi connectivity index (χ1) is 32.1. The Morgan fingerprint density at radius 1 is 0.303 bits per heavy atom. The number of hydrogen-bond acceptors (Lipinski definition) is 6. The Kier molecular flexibility index (Phi) is 50.0. The maximum Gasteiger partial charge on any atom is 0.306 e. The predicted molar refractivity (Wildman–Crippen MR) is 284 cm³/mol. The van der Waals surface area contributed by atoms with Crippen LogP contribution >= 0.6 is 0 Å². The molecule has 0 fully saturated rings. The Labute approximate surface area is 412 Å². The third-order valence-corrected chi connectivity index (χ3v) is 14.0. The van der Waals surface area contributed by atoms with E-state index in [2.05, 4.69) is 41.5 Å². The fourth-order valence-electron chi connectivity index (χ4n) is 9.14. The zero-order chi connectivity index (χ0) is 48.4. The minimum atomic E-state index is -0.764. The number of carbonyl (C=O) groups is 3. The summed E-state index contributed by atoms with van der Waals surface area (Å²) in [7, 11) is 0. The monoisotopic (exact) mass is 933 g/mol. The van der Waals surface area contributed by atoms with Gasteiger partial charge in [0.15, 0.2) is 6.10 Å². The number of ether oxygens (including phenoxy) is 3. The Balaban J connectivity index is 4.28. The molecule has 2 atom stereocenters. The van der Waals surface area contributed by atoms with Gasteiger partial charge in [-0.05, 0) is 37.0 Å². The van der Waals surface area contributed by atoms with E-state index in [0.717, 1.165) is 75.5 Å². The smallest absolute Gasteiger partial charge is 0.306 e. The highest BCUT2D eigenvalue weighted by atomic mass is 16.6. The standard InChI is InChI=1S/C60H116O6/c1-7-56(6)48-42-36-30-24-17-13-9-11-15-19-26-32-38-44-50-59(62)65-53-57(66-60(63)51-45-39-33-27-21-20-23-29-35-41-47-55(4)5)52-64-58(61)49-43-37-31-25-18-14-10-8-12-16-22-28-34-40-46-54(2)3/h54-57H,7-53H2,1-6H3/t56?,57-/m0/s1. The fourth-order valence-corrected chi connectivity index (χ4v) is 9.14. The fraction of sp³-hybridized carbons (Fsp3) is 0.950. The van der Waals surface area contributed by atoms with Gasteiger partial charge in [-0.1, -0.05) is 292 Å². The van der Waals surface area contributed by atoms with Crippen molar-refractivity contribution in [1.82, 2.24) is 0 Å². The minimum absolute atomic E-state index is 0.0635. The summed E-state index contributed by atoms with van der Waals surface area (Å²) in [6, 6.07) is 0. The van der Waals surface area contributed by atoms with Crippen LogP contribution in [0.4, 0.5) is 0 Å². The lowest BCUT2D eigenvalue weighted by atomic mass is 9.99. The van der Waals surface area contributed by atoms with Gasteiger partial charge >= 0.3 is 17.9 Å². The Morgan fingerprint density at radius 3 is 0.788 bits per heavy atom. The van der Waals surface area contributed by atoms with Crippen LogP contribution in [-0.2, 0) is 28.6 Å². The van der Waals surface area contributed by atoms with Gasteiger partial charge in [0.25, 0.3) is 0 Å². The van der Waals surface area contributed by atoms with Gasteiger partial charge in [0.05, 0.1) is 0 Å². The summed E-state index contributed by atoms with van der Waals surface area (Å²) in [5.41, 5.74) is 0. The first kappa shape index (κ1) is 64.4. The van der Waals surface area contributed by atoms with Gasteiger partial charge in [-0.15, -0.1) is 0 Å². The zero-order valence-corrected chi connectivity index (χ0v) is 45.5. The van der Waals surface area contributed by atoms with Crippen LogP contribution in [0.5, 0.6) is 0 Å². The van der Waals surface area contributed by atoms with E-state index in [0.29, 0.717) is 19.3 Å². The normalized spacial score (nSPS) is 12.5. The summed E-state index contributed by atoms with van der Waals surface area (Å²) >= 11 is 0. The first-order valence-electron chi connectivity index (χ1n) is 29.6. The van der Waals surface area contributed by atoms with Crippen LogP contribution in [0.15, 0.2) is 0 Å². The molecule has 0 heterocycles. The van der Waals surface area contributed by atoms with E-state index in [9.17, 15) is 14.4 Å². The highest BCUT2D eigenvalue weighted by Crippen LogP contribution is 2.19. The van der Waals surface area contributed by atoms with Crippen molar-refractivity contribution in [3.05, 3.63) is 0 Å². The molecule has 0 aromatic rings. The molecule has 0 amide bonds. The van der Waals surface area contributed by atoms with Crippen LogP contribution in [0, 0.1) is 17.8 Å². The Hall–Kier alpha value is -1.59. The van der Waals surface area contributed by atoms with Gasteiger partial charge in [0, 0.05) is 19.3 Å². The quantitative estimate of drug-likeness (QED) is 0.0343. The molecule has 0 rings (SSSR count). The summed E-state index contributed by atoms with van der Waals surface area (Å²) in [5, 5.41) is 0. The molecule has 66 heavy (non-hydrogen) atoms. The highest BCUT2D eigenvalue weighted by molar-refractivity contribution is 5.71. The van der Waals surface area contributed by atoms with Crippen molar-refractivity contribution < 1.29 is 28.6 Å². The van der Waals surface area contributed by atoms with Crippen LogP contribution in [0.2, 0.25) is 0 Å². The molecule has 6 nitrogen and oxygen atoms in total. The number of carbonyl (C=O) groups excluding carboxylic acids is 3. The Morgan fingerprint density at radius 2 is 0.530 bits per heavy atom. The molecule has 1 unspecified atom stereocenters. The number of unbranched alkanes of at least 4 members (excludes halogenated alkanes) is 35.